The third-order valence-electron chi connectivity index (χ3n) is 3.74. The summed E-state index contributed by atoms with van der Waals surface area (Å²) in [4.78, 5) is 8.56. The molecule has 0 amide bonds. The van der Waals surface area contributed by atoms with Crippen molar-refractivity contribution in [2.75, 3.05) is 13.6 Å². The van der Waals surface area contributed by atoms with Gasteiger partial charge in [0.1, 0.15) is 0 Å². The van der Waals surface area contributed by atoms with Crippen LogP contribution in [-0.4, -0.2) is 24.5 Å². The molecule has 2 N–H and O–H groups in total. The SMILES string of the molecule is CN=C(NCCCCc1nc(C)cs1)NCc1ccc(C(F)(F)F)cc1. The average Bonchev–Trinajstić information content (AvgIpc) is 3.02. The fraction of sp³-hybridized carbons (Fsp3) is 0.444. The number of hydrogen-bond acceptors (Lipinski definition) is 3. The molecule has 0 unspecified atom stereocenters. The van der Waals surface area contributed by atoms with Gasteiger partial charge in [-0.2, -0.15) is 13.2 Å². The molecule has 0 spiro atoms. The molecule has 1 aromatic carbocycles. The summed E-state index contributed by atoms with van der Waals surface area (Å²) in [6, 6.07) is 5.12. The molecule has 0 fully saturated rings. The maximum atomic E-state index is 12.6. The Kier molecular flexibility index (Phi) is 7.44. The van der Waals surface area contributed by atoms with Gasteiger partial charge in [-0.05, 0) is 43.9 Å². The molecule has 0 saturated carbocycles. The van der Waals surface area contributed by atoms with Gasteiger partial charge < -0.3 is 10.6 Å². The van der Waals surface area contributed by atoms with Crippen LogP contribution in [0.1, 0.15) is 34.7 Å². The number of aryl methyl sites for hydroxylation is 2. The number of aliphatic imine (C=N–C) groups is 1. The minimum absolute atomic E-state index is 0.413. The second-order valence-electron chi connectivity index (χ2n) is 5.89. The minimum Gasteiger partial charge on any atom is -0.356 e. The van der Waals surface area contributed by atoms with Crippen LogP contribution in [0, 0.1) is 6.92 Å². The highest BCUT2D eigenvalue weighted by Gasteiger charge is 2.29. The summed E-state index contributed by atoms with van der Waals surface area (Å²) in [6.07, 6.45) is -1.31. The molecule has 0 aliphatic rings. The highest BCUT2D eigenvalue weighted by molar-refractivity contribution is 7.09. The first-order valence-electron chi connectivity index (χ1n) is 8.40. The number of halogens is 3. The van der Waals surface area contributed by atoms with Crippen molar-refractivity contribution in [2.24, 2.45) is 4.99 Å². The molecule has 0 saturated heterocycles. The summed E-state index contributed by atoms with van der Waals surface area (Å²) in [5.41, 5.74) is 1.19. The molecule has 2 rings (SSSR count). The van der Waals surface area contributed by atoms with E-state index in [9.17, 15) is 13.2 Å². The number of unbranched alkanes of at least 4 members (excludes halogenated alkanes) is 1. The predicted molar refractivity (Wildman–Crippen MR) is 99.4 cm³/mol. The van der Waals surface area contributed by atoms with Gasteiger partial charge >= 0.3 is 6.18 Å². The van der Waals surface area contributed by atoms with Crippen LogP contribution in [0.15, 0.2) is 34.6 Å². The zero-order valence-corrected chi connectivity index (χ0v) is 15.7. The number of guanidine groups is 1. The topological polar surface area (TPSA) is 49.3 Å². The van der Waals surface area contributed by atoms with Gasteiger partial charge in [-0.15, -0.1) is 11.3 Å². The highest BCUT2D eigenvalue weighted by Crippen LogP contribution is 2.29. The first kappa shape index (κ1) is 20.2. The number of nitrogens with one attached hydrogen (secondary N) is 2. The van der Waals surface area contributed by atoms with E-state index < -0.39 is 11.7 Å². The van der Waals surface area contributed by atoms with Crippen LogP contribution in [0.4, 0.5) is 13.2 Å². The van der Waals surface area contributed by atoms with Gasteiger partial charge in [0.05, 0.1) is 10.6 Å². The average molecular weight is 384 g/mol. The van der Waals surface area contributed by atoms with Crippen LogP contribution in [-0.2, 0) is 19.1 Å². The van der Waals surface area contributed by atoms with Crippen LogP contribution >= 0.6 is 11.3 Å². The first-order valence-corrected chi connectivity index (χ1v) is 9.28. The molecule has 2 aromatic rings. The fourth-order valence-corrected chi connectivity index (χ4v) is 3.16. The highest BCUT2D eigenvalue weighted by atomic mass is 32.1. The Bertz CT molecular complexity index is 708. The predicted octanol–water partition coefficient (Wildman–Crippen LogP) is 4.16. The van der Waals surface area contributed by atoms with E-state index in [-0.39, 0.29) is 0 Å². The Morgan fingerprint density at radius 1 is 1.15 bits per heavy atom. The number of aromatic nitrogens is 1. The second kappa shape index (κ2) is 9.56. The summed E-state index contributed by atoms with van der Waals surface area (Å²) in [5.74, 6) is 0.634. The van der Waals surface area contributed by atoms with E-state index in [1.165, 1.54) is 12.1 Å². The number of nitrogens with zero attached hydrogens (tertiary/aromatic N) is 2. The molecule has 8 heteroatoms. The van der Waals surface area contributed by atoms with Gasteiger partial charge in [-0.1, -0.05) is 12.1 Å². The van der Waals surface area contributed by atoms with Crippen molar-refractivity contribution in [1.29, 1.82) is 0 Å². The molecule has 0 atom stereocenters. The third kappa shape index (κ3) is 6.67. The van der Waals surface area contributed by atoms with Gasteiger partial charge in [0.2, 0.25) is 0 Å². The molecule has 1 heterocycles. The molecule has 1 aromatic heterocycles. The zero-order valence-electron chi connectivity index (χ0n) is 14.9. The largest absolute Gasteiger partial charge is 0.416 e. The second-order valence-corrected chi connectivity index (χ2v) is 6.83. The quantitative estimate of drug-likeness (QED) is 0.428. The van der Waals surface area contributed by atoms with Crippen molar-refractivity contribution >= 4 is 17.3 Å². The third-order valence-corrected chi connectivity index (χ3v) is 4.77. The lowest BCUT2D eigenvalue weighted by Crippen LogP contribution is -2.37. The lowest BCUT2D eigenvalue weighted by atomic mass is 10.1. The van der Waals surface area contributed by atoms with Crippen molar-refractivity contribution in [2.45, 2.75) is 38.9 Å². The lowest BCUT2D eigenvalue weighted by Gasteiger charge is -2.12. The van der Waals surface area contributed by atoms with Gasteiger partial charge in [0, 0.05) is 31.2 Å². The van der Waals surface area contributed by atoms with Crippen molar-refractivity contribution < 1.29 is 13.2 Å². The summed E-state index contributed by atoms with van der Waals surface area (Å²) in [7, 11) is 1.67. The van der Waals surface area contributed by atoms with Gasteiger partial charge in [-0.3, -0.25) is 4.99 Å². The maximum Gasteiger partial charge on any atom is 0.416 e. The van der Waals surface area contributed by atoms with Crippen molar-refractivity contribution in [3.63, 3.8) is 0 Å². The van der Waals surface area contributed by atoms with Crippen LogP contribution < -0.4 is 10.6 Å². The molecule has 26 heavy (non-hydrogen) atoms. The molecular weight excluding hydrogens is 361 g/mol. The van der Waals surface area contributed by atoms with Gasteiger partial charge in [-0.25, -0.2) is 4.98 Å². The summed E-state index contributed by atoms with van der Waals surface area (Å²) in [5, 5.41) is 9.53. The molecule has 0 aliphatic heterocycles. The molecule has 0 radical (unpaired) electrons. The van der Waals surface area contributed by atoms with E-state index in [4.69, 9.17) is 0 Å². The summed E-state index contributed by atoms with van der Waals surface area (Å²) in [6.45, 7) is 3.18. The Morgan fingerprint density at radius 3 is 2.46 bits per heavy atom. The van der Waals surface area contributed by atoms with Crippen LogP contribution in [0.3, 0.4) is 0 Å². The van der Waals surface area contributed by atoms with Gasteiger partial charge in [0.25, 0.3) is 0 Å². The smallest absolute Gasteiger partial charge is 0.356 e. The number of alkyl halides is 3. The van der Waals surface area contributed by atoms with E-state index in [0.717, 1.165) is 54.2 Å². The Morgan fingerprint density at radius 2 is 1.88 bits per heavy atom. The maximum absolute atomic E-state index is 12.6. The molecule has 0 bridgehead atoms. The monoisotopic (exact) mass is 384 g/mol. The number of hydrogen-bond donors (Lipinski definition) is 2. The van der Waals surface area contributed by atoms with E-state index >= 15 is 0 Å². The van der Waals surface area contributed by atoms with E-state index in [2.05, 4.69) is 26.0 Å². The fourth-order valence-electron chi connectivity index (χ4n) is 2.34. The number of benzene rings is 1. The lowest BCUT2D eigenvalue weighted by molar-refractivity contribution is -0.137. The van der Waals surface area contributed by atoms with Gasteiger partial charge in [0.15, 0.2) is 5.96 Å². The van der Waals surface area contributed by atoms with E-state index in [0.29, 0.717) is 12.5 Å². The Labute approximate surface area is 155 Å². The van der Waals surface area contributed by atoms with Crippen LogP contribution in [0.5, 0.6) is 0 Å². The molecule has 0 aliphatic carbocycles. The van der Waals surface area contributed by atoms with Crippen molar-refractivity contribution in [1.82, 2.24) is 15.6 Å². The summed E-state index contributed by atoms with van der Waals surface area (Å²) < 4.78 is 37.7. The van der Waals surface area contributed by atoms with Crippen LogP contribution in [0.25, 0.3) is 0 Å². The van der Waals surface area contributed by atoms with Crippen molar-refractivity contribution in [3.8, 4) is 0 Å². The minimum atomic E-state index is -4.30. The Balaban J connectivity index is 1.67. The standard InChI is InChI=1S/C18H23F3N4S/c1-13-12-26-16(25-13)5-3-4-10-23-17(22-2)24-11-14-6-8-15(9-7-14)18(19,20)21/h6-9,12H,3-5,10-11H2,1-2H3,(H2,22,23,24). The molecular formula is C18H23F3N4S. The van der Waals surface area contributed by atoms with Crippen molar-refractivity contribution in [3.05, 3.63) is 51.5 Å². The normalized spacial score (nSPS) is 12.3. The first-order chi connectivity index (χ1) is 12.4. The summed E-state index contributed by atoms with van der Waals surface area (Å²) >= 11 is 1.69. The Hall–Kier alpha value is -2.09. The van der Waals surface area contributed by atoms with Crippen LogP contribution in [0.2, 0.25) is 0 Å². The number of rotatable bonds is 7. The van der Waals surface area contributed by atoms with E-state index in [1.54, 1.807) is 18.4 Å². The molecule has 142 valence electrons. The molecule has 4 nitrogen and oxygen atoms in total. The zero-order chi connectivity index (χ0) is 19.0. The number of thiazole rings is 1. The van der Waals surface area contributed by atoms with E-state index in [1.807, 2.05) is 6.92 Å².